The van der Waals surface area contributed by atoms with Crippen LogP contribution in [0.15, 0.2) is 12.1 Å². The molecule has 4 aliphatic rings. The van der Waals surface area contributed by atoms with Crippen molar-refractivity contribution >= 4 is 27.5 Å². The van der Waals surface area contributed by atoms with E-state index in [1.807, 2.05) is 19.1 Å². The molecule has 0 spiro atoms. The first-order valence-corrected chi connectivity index (χ1v) is 9.89. The summed E-state index contributed by atoms with van der Waals surface area (Å²) in [6.07, 6.45) is 6.80. The minimum Gasteiger partial charge on any atom is -0.493 e. The Kier molecular flexibility index (Phi) is 4.06. The summed E-state index contributed by atoms with van der Waals surface area (Å²) < 4.78 is 10.9. The summed E-state index contributed by atoms with van der Waals surface area (Å²) in [4.78, 5) is 13.3. The van der Waals surface area contributed by atoms with Crippen LogP contribution in [0.1, 0.15) is 44.1 Å². The molecule has 25 heavy (non-hydrogen) atoms. The molecular formula is C20H26BrNO3. The van der Waals surface area contributed by atoms with Gasteiger partial charge in [-0.05, 0) is 68.9 Å². The lowest BCUT2D eigenvalue weighted by Crippen LogP contribution is -2.57. The van der Waals surface area contributed by atoms with Gasteiger partial charge in [-0.1, -0.05) is 15.9 Å². The summed E-state index contributed by atoms with van der Waals surface area (Å²) in [5.41, 5.74) is 1.60. The van der Waals surface area contributed by atoms with Crippen molar-refractivity contribution in [1.82, 2.24) is 0 Å². The molecule has 0 radical (unpaired) electrons. The molecule has 0 aliphatic heterocycles. The highest BCUT2D eigenvalue weighted by Gasteiger charge is 2.59. The maximum atomic E-state index is 13.3. The van der Waals surface area contributed by atoms with E-state index in [2.05, 4.69) is 21.2 Å². The van der Waals surface area contributed by atoms with Gasteiger partial charge in [0.05, 0.1) is 19.6 Å². The summed E-state index contributed by atoms with van der Waals surface area (Å²) in [5.74, 6) is 2.90. The van der Waals surface area contributed by atoms with Gasteiger partial charge in [0.2, 0.25) is 5.91 Å². The molecule has 0 saturated heterocycles. The number of benzene rings is 1. The van der Waals surface area contributed by atoms with Crippen LogP contribution in [0.3, 0.4) is 0 Å². The zero-order valence-electron chi connectivity index (χ0n) is 15.2. The molecule has 0 aromatic heterocycles. The van der Waals surface area contributed by atoms with Gasteiger partial charge in [0, 0.05) is 16.1 Å². The van der Waals surface area contributed by atoms with Crippen molar-refractivity contribution in [3.63, 3.8) is 0 Å². The lowest BCUT2D eigenvalue weighted by atomic mass is 9.49. The fourth-order valence-electron chi connectivity index (χ4n) is 5.79. The highest BCUT2D eigenvalue weighted by atomic mass is 79.9. The fraction of sp³-hybridized carbons (Fsp3) is 0.650. The van der Waals surface area contributed by atoms with Gasteiger partial charge in [0.25, 0.3) is 0 Å². The van der Waals surface area contributed by atoms with Crippen LogP contribution in [-0.4, -0.2) is 24.5 Å². The first kappa shape index (κ1) is 17.2. The zero-order valence-corrected chi connectivity index (χ0v) is 16.7. The van der Waals surface area contributed by atoms with Gasteiger partial charge >= 0.3 is 0 Å². The first-order valence-electron chi connectivity index (χ1n) is 9.09. The van der Waals surface area contributed by atoms with E-state index in [9.17, 15) is 4.79 Å². The van der Waals surface area contributed by atoms with Crippen molar-refractivity contribution in [2.24, 2.45) is 17.3 Å². The molecule has 4 fully saturated rings. The van der Waals surface area contributed by atoms with Crippen LogP contribution < -0.4 is 14.8 Å². The van der Waals surface area contributed by atoms with E-state index >= 15 is 0 Å². The zero-order chi connectivity index (χ0) is 17.8. The second-order valence-corrected chi connectivity index (χ2v) is 10.1. The number of ether oxygens (including phenoxy) is 2. The summed E-state index contributed by atoms with van der Waals surface area (Å²) >= 11 is 3.99. The van der Waals surface area contributed by atoms with Crippen LogP contribution in [0.5, 0.6) is 11.5 Å². The summed E-state index contributed by atoms with van der Waals surface area (Å²) in [7, 11) is 3.24. The molecule has 4 atom stereocenters. The smallest absolute Gasteiger partial charge is 0.230 e. The third kappa shape index (κ3) is 2.84. The van der Waals surface area contributed by atoms with E-state index in [1.165, 1.54) is 19.3 Å². The number of hydrogen-bond donors (Lipinski definition) is 1. The van der Waals surface area contributed by atoms with E-state index in [0.29, 0.717) is 23.3 Å². The van der Waals surface area contributed by atoms with Crippen molar-refractivity contribution in [2.75, 3.05) is 19.5 Å². The van der Waals surface area contributed by atoms with E-state index in [0.717, 1.165) is 30.5 Å². The number of amides is 1. The van der Waals surface area contributed by atoms with Crippen molar-refractivity contribution in [3.05, 3.63) is 17.7 Å². The molecule has 4 nitrogen and oxygen atoms in total. The number of nitrogens with one attached hydrogen (secondary N) is 1. The van der Waals surface area contributed by atoms with Crippen LogP contribution in [0.4, 0.5) is 5.69 Å². The minimum atomic E-state index is -0.215. The lowest BCUT2D eigenvalue weighted by Gasteiger charge is -2.59. The Hall–Kier alpha value is -1.23. The molecule has 4 saturated carbocycles. The number of methoxy groups -OCH3 is 2. The quantitative estimate of drug-likeness (QED) is 0.736. The molecule has 1 aromatic carbocycles. The number of hydrogen-bond acceptors (Lipinski definition) is 3. The average molecular weight is 408 g/mol. The highest BCUT2D eigenvalue weighted by molar-refractivity contribution is 9.10. The van der Waals surface area contributed by atoms with Crippen LogP contribution >= 0.6 is 15.9 Å². The Morgan fingerprint density at radius 2 is 1.72 bits per heavy atom. The van der Waals surface area contributed by atoms with Crippen LogP contribution in [0, 0.1) is 24.2 Å². The second kappa shape index (κ2) is 5.90. The normalized spacial score (nSPS) is 35.5. The number of halogens is 1. The lowest BCUT2D eigenvalue weighted by molar-refractivity contribution is -0.138. The standard InChI is InChI=1S/C20H26BrNO3/c1-12-4-16(24-2)17(25-3)6-15(12)22-18(23)19-7-13-5-14(8-19)10-20(21,9-13)11-19/h4,6,13-14H,5,7-11H2,1-3H3,(H,22,23)/t13-,14+,19?,20?. The molecule has 0 heterocycles. The maximum Gasteiger partial charge on any atom is 0.230 e. The predicted octanol–water partition coefficient (Wildman–Crippen LogP) is 4.68. The topological polar surface area (TPSA) is 47.6 Å². The number of anilines is 1. The summed E-state index contributed by atoms with van der Waals surface area (Å²) in [6.45, 7) is 1.99. The summed E-state index contributed by atoms with van der Waals surface area (Å²) in [6, 6.07) is 3.79. The summed E-state index contributed by atoms with van der Waals surface area (Å²) in [5, 5.41) is 3.22. The van der Waals surface area contributed by atoms with E-state index in [-0.39, 0.29) is 15.6 Å². The molecule has 1 aromatic rings. The van der Waals surface area contributed by atoms with E-state index in [4.69, 9.17) is 9.47 Å². The van der Waals surface area contributed by atoms with Crippen LogP contribution in [-0.2, 0) is 4.79 Å². The third-order valence-corrected chi connectivity index (χ3v) is 7.38. The fourth-order valence-corrected chi connectivity index (χ4v) is 7.24. The monoisotopic (exact) mass is 407 g/mol. The van der Waals surface area contributed by atoms with Crippen molar-refractivity contribution in [1.29, 1.82) is 0 Å². The van der Waals surface area contributed by atoms with E-state index in [1.54, 1.807) is 14.2 Å². The van der Waals surface area contributed by atoms with Crippen LogP contribution in [0.2, 0.25) is 0 Å². The van der Waals surface area contributed by atoms with Gasteiger partial charge in [0.15, 0.2) is 11.5 Å². The Balaban J connectivity index is 1.60. The molecule has 4 bridgehead atoms. The van der Waals surface area contributed by atoms with Gasteiger partial charge in [-0.15, -0.1) is 0 Å². The molecule has 1 amide bonds. The van der Waals surface area contributed by atoms with Gasteiger partial charge in [-0.25, -0.2) is 0 Å². The van der Waals surface area contributed by atoms with Gasteiger partial charge in [0.1, 0.15) is 0 Å². The predicted molar refractivity (Wildman–Crippen MR) is 102 cm³/mol. The molecule has 2 unspecified atom stereocenters. The van der Waals surface area contributed by atoms with Crippen molar-refractivity contribution in [3.8, 4) is 11.5 Å². The minimum absolute atomic E-state index is 0.181. The molecular weight excluding hydrogens is 382 g/mol. The molecule has 1 N–H and O–H groups in total. The highest BCUT2D eigenvalue weighted by Crippen LogP contribution is 2.64. The van der Waals surface area contributed by atoms with E-state index < -0.39 is 0 Å². The number of aryl methyl sites for hydroxylation is 1. The Bertz CT molecular complexity index is 703. The number of alkyl halides is 1. The number of rotatable bonds is 4. The Morgan fingerprint density at radius 3 is 2.28 bits per heavy atom. The van der Waals surface area contributed by atoms with Gasteiger partial charge in [-0.2, -0.15) is 0 Å². The Morgan fingerprint density at radius 1 is 1.12 bits per heavy atom. The average Bonchev–Trinajstić information content (AvgIpc) is 2.53. The number of carbonyl (C=O) groups is 1. The van der Waals surface area contributed by atoms with Crippen molar-refractivity contribution < 1.29 is 14.3 Å². The Labute approximate surface area is 157 Å². The molecule has 136 valence electrons. The third-order valence-electron chi connectivity index (χ3n) is 6.45. The van der Waals surface area contributed by atoms with Crippen molar-refractivity contribution in [2.45, 2.75) is 49.8 Å². The first-order chi connectivity index (χ1) is 11.9. The molecule has 4 aliphatic carbocycles. The van der Waals surface area contributed by atoms with Gasteiger partial charge < -0.3 is 14.8 Å². The molecule has 5 rings (SSSR count). The van der Waals surface area contributed by atoms with Gasteiger partial charge in [-0.3, -0.25) is 4.79 Å². The largest absolute Gasteiger partial charge is 0.493 e. The maximum absolute atomic E-state index is 13.3. The SMILES string of the molecule is COc1cc(C)c(NC(=O)C23C[C@@H]4C[C@@H](CC(Br)(C4)C2)C3)cc1OC. The number of carbonyl (C=O) groups excluding carboxylic acids is 1. The second-order valence-electron chi connectivity index (χ2n) is 8.37. The van der Waals surface area contributed by atoms with Crippen LogP contribution in [0.25, 0.3) is 0 Å². The molecule has 5 heteroatoms.